The van der Waals surface area contributed by atoms with E-state index in [4.69, 9.17) is 0 Å². The summed E-state index contributed by atoms with van der Waals surface area (Å²) in [7, 11) is 0. The lowest BCUT2D eigenvalue weighted by Crippen LogP contribution is -2.59. The van der Waals surface area contributed by atoms with E-state index in [0.29, 0.717) is 0 Å². The number of benzene rings is 3. The molecule has 0 aromatic heterocycles. The molecule has 0 spiro atoms. The lowest BCUT2D eigenvalue weighted by molar-refractivity contribution is -0.137. The summed E-state index contributed by atoms with van der Waals surface area (Å²) in [6, 6.07) is 20.2. The minimum atomic E-state index is -4.57. The maximum absolute atomic E-state index is 13.9. The smallest absolute Gasteiger partial charge is 0.274 e. The van der Waals surface area contributed by atoms with Gasteiger partial charge in [-0.05, 0) is 40.5 Å². The van der Waals surface area contributed by atoms with Crippen LogP contribution in [0.2, 0.25) is 0 Å². The number of hydrogen-bond acceptors (Lipinski definition) is 2. The van der Waals surface area contributed by atoms with Crippen LogP contribution in [0.5, 0.6) is 0 Å². The van der Waals surface area contributed by atoms with E-state index in [9.17, 15) is 22.8 Å². The average Bonchev–Trinajstić information content (AvgIpc) is 3.08. The van der Waals surface area contributed by atoms with Gasteiger partial charge in [0.25, 0.3) is 0 Å². The summed E-state index contributed by atoms with van der Waals surface area (Å²) in [4.78, 5) is 28.8. The summed E-state index contributed by atoms with van der Waals surface area (Å²) in [5.74, 6) is -2.28. The van der Waals surface area contributed by atoms with Crippen molar-refractivity contribution in [3.63, 3.8) is 0 Å². The Balaban J connectivity index is 1.60. The van der Waals surface area contributed by atoms with Gasteiger partial charge in [0.2, 0.25) is 11.8 Å². The Kier molecular flexibility index (Phi) is 3.75. The van der Waals surface area contributed by atoms with Crippen molar-refractivity contribution in [2.24, 2.45) is 11.8 Å². The molecule has 2 atom stereocenters. The first kappa shape index (κ1) is 20.2. The van der Waals surface area contributed by atoms with Crippen molar-refractivity contribution in [2.75, 3.05) is 4.90 Å². The first-order valence-electron chi connectivity index (χ1n) is 10.9. The Bertz CT molecular complexity index is 1240. The number of carbonyl (C=O) groups is 2. The molecule has 4 aliphatic rings. The molecule has 33 heavy (non-hydrogen) atoms. The number of anilines is 1. The molecule has 3 aliphatic carbocycles. The van der Waals surface area contributed by atoms with Gasteiger partial charge < -0.3 is 0 Å². The van der Waals surface area contributed by atoms with E-state index in [2.05, 4.69) is 0 Å². The lowest BCUT2D eigenvalue weighted by atomic mass is 9.42. The van der Waals surface area contributed by atoms with Gasteiger partial charge in [0.1, 0.15) is 0 Å². The van der Waals surface area contributed by atoms with E-state index in [-0.39, 0.29) is 5.69 Å². The van der Waals surface area contributed by atoms with Gasteiger partial charge in [0.15, 0.2) is 0 Å². The van der Waals surface area contributed by atoms with Gasteiger partial charge in [-0.3, -0.25) is 9.59 Å². The van der Waals surface area contributed by atoms with Gasteiger partial charge in [0.05, 0.1) is 23.1 Å². The van der Waals surface area contributed by atoms with Crippen LogP contribution in [-0.4, -0.2) is 11.8 Å². The molecule has 2 bridgehead atoms. The van der Waals surface area contributed by atoms with E-state index in [1.165, 1.54) is 12.1 Å². The maximum atomic E-state index is 13.9. The molecule has 2 unspecified atom stereocenters. The Morgan fingerprint density at radius 3 is 1.52 bits per heavy atom. The highest BCUT2D eigenvalue weighted by Crippen LogP contribution is 2.66. The molecule has 0 radical (unpaired) electrons. The number of amides is 2. The van der Waals surface area contributed by atoms with Crippen LogP contribution in [0, 0.1) is 11.8 Å². The number of alkyl halides is 3. The third kappa shape index (κ3) is 2.26. The predicted octanol–water partition coefficient (Wildman–Crippen LogP) is 5.45. The molecule has 3 aromatic carbocycles. The summed E-state index contributed by atoms with van der Waals surface area (Å²) >= 11 is 0. The Labute approximate surface area is 188 Å². The third-order valence-electron chi connectivity index (χ3n) is 8.07. The second kappa shape index (κ2) is 6.13. The normalized spacial score (nSPS) is 29.7. The summed E-state index contributed by atoms with van der Waals surface area (Å²) in [6.45, 7) is 3.98. The maximum Gasteiger partial charge on any atom is 0.416 e. The number of carbonyl (C=O) groups excluding carboxylic acids is 2. The first-order valence-corrected chi connectivity index (χ1v) is 10.9. The summed E-state index contributed by atoms with van der Waals surface area (Å²) in [6.07, 6.45) is -4.57. The van der Waals surface area contributed by atoms with Crippen molar-refractivity contribution in [1.82, 2.24) is 0 Å². The van der Waals surface area contributed by atoms with E-state index < -0.39 is 46.2 Å². The van der Waals surface area contributed by atoms with Crippen LogP contribution in [0.25, 0.3) is 0 Å². The van der Waals surface area contributed by atoms with Gasteiger partial charge >= 0.3 is 6.18 Å². The molecule has 0 N–H and O–H groups in total. The molecule has 3 nitrogen and oxygen atoms in total. The highest BCUT2D eigenvalue weighted by atomic mass is 19.4. The summed E-state index contributed by atoms with van der Waals surface area (Å²) in [5.41, 5.74) is 1.55. The highest BCUT2D eigenvalue weighted by molar-refractivity contribution is 6.24. The van der Waals surface area contributed by atoms with Crippen molar-refractivity contribution in [1.29, 1.82) is 0 Å². The molecule has 1 heterocycles. The summed E-state index contributed by atoms with van der Waals surface area (Å²) < 4.78 is 40.1. The second-order valence-corrected chi connectivity index (χ2v) is 9.51. The Morgan fingerprint density at radius 1 is 0.697 bits per heavy atom. The fourth-order valence-electron chi connectivity index (χ4n) is 6.65. The molecular weight excluding hydrogens is 427 g/mol. The summed E-state index contributed by atoms with van der Waals surface area (Å²) in [5, 5.41) is 0. The van der Waals surface area contributed by atoms with Crippen LogP contribution in [0.1, 0.15) is 41.7 Å². The molecule has 6 heteroatoms. The van der Waals surface area contributed by atoms with E-state index >= 15 is 0 Å². The fraction of sp³-hybridized carbons (Fsp3) is 0.259. The minimum absolute atomic E-state index is 0.0334. The molecule has 1 aliphatic heterocycles. The van der Waals surface area contributed by atoms with Crippen LogP contribution >= 0.6 is 0 Å². The Morgan fingerprint density at radius 2 is 1.12 bits per heavy atom. The highest BCUT2D eigenvalue weighted by Gasteiger charge is 2.70. The predicted molar refractivity (Wildman–Crippen MR) is 117 cm³/mol. The van der Waals surface area contributed by atoms with Crippen molar-refractivity contribution < 1.29 is 22.8 Å². The second-order valence-electron chi connectivity index (χ2n) is 9.51. The standard InChI is InChI=1S/C27H20F3NO2/c1-25-17-10-3-5-12-19(17)26(2,20-13-6-4-11-18(20)25)22-21(25)23(32)31(24(22)33)16-9-7-8-15(14-16)27(28,29)30/h3-14,21-22H,1-2H3. The molecular formula is C27H20F3NO2. The zero-order valence-corrected chi connectivity index (χ0v) is 18.0. The fourth-order valence-corrected chi connectivity index (χ4v) is 6.65. The SMILES string of the molecule is CC12c3ccccc3C(C)(c3ccccc31)C1C(=O)N(c3cccc(C(F)(F)F)c3)C(=O)C12. The van der Waals surface area contributed by atoms with Crippen molar-refractivity contribution >= 4 is 17.5 Å². The van der Waals surface area contributed by atoms with Crippen molar-refractivity contribution in [3.05, 3.63) is 101 Å². The van der Waals surface area contributed by atoms with Crippen LogP contribution in [-0.2, 0) is 26.6 Å². The zero-order valence-electron chi connectivity index (χ0n) is 18.0. The number of nitrogens with zero attached hydrogens (tertiary/aromatic N) is 1. The number of hydrogen-bond donors (Lipinski definition) is 0. The molecule has 0 saturated carbocycles. The van der Waals surface area contributed by atoms with Crippen LogP contribution in [0.4, 0.5) is 18.9 Å². The average molecular weight is 447 g/mol. The van der Waals surface area contributed by atoms with Crippen molar-refractivity contribution in [2.45, 2.75) is 30.9 Å². The van der Waals surface area contributed by atoms with E-state index in [0.717, 1.165) is 39.3 Å². The van der Waals surface area contributed by atoms with E-state index in [1.54, 1.807) is 0 Å². The molecule has 1 saturated heterocycles. The van der Waals surface area contributed by atoms with Crippen molar-refractivity contribution in [3.8, 4) is 0 Å². The third-order valence-corrected chi connectivity index (χ3v) is 8.07. The lowest BCUT2D eigenvalue weighted by Gasteiger charge is -2.57. The quantitative estimate of drug-likeness (QED) is 0.465. The molecule has 1 fully saturated rings. The van der Waals surface area contributed by atoms with Gasteiger partial charge in [-0.1, -0.05) is 68.4 Å². The number of halogens is 3. The number of rotatable bonds is 1. The monoisotopic (exact) mass is 447 g/mol. The van der Waals surface area contributed by atoms with Crippen LogP contribution in [0.3, 0.4) is 0 Å². The molecule has 2 amide bonds. The van der Waals surface area contributed by atoms with Gasteiger partial charge in [-0.2, -0.15) is 13.2 Å². The molecule has 166 valence electrons. The largest absolute Gasteiger partial charge is 0.416 e. The van der Waals surface area contributed by atoms with Gasteiger partial charge in [0, 0.05) is 10.8 Å². The molecule has 7 rings (SSSR count). The molecule has 3 aromatic rings. The topological polar surface area (TPSA) is 37.4 Å². The Hall–Kier alpha value is -3.41. The zero-order chi connectivity index (χ0) is 23.3. The minimum Gasteiger partial charge on any atom is -0.274 e. The van der Waals surface area contributed by atoms with Crippen LogP contribution < -0.4 is 4.90 Å². The van der Waals surface area contributed by atoms with Crippen LogP contribution in [0.15, 0.2) is 72.8 Å². The first-order chi connectivity index (χ1) is 15.6. The van der Waals surface area contributed by atoms with E-state index in [1.807, 2.05) is 62.4 Å². The van der Waals surface area contributed by atoms with Gasteiger partial charge in [-0.25, -0.2) is 4.90 Å². The van der Waals surface area contributed by atoms with Gasteiger partial charge in [-0.15, -0.1) is 0 Å². The number of imide groups is 1.